The van der Waals surface area contributed by atoms with E-state index in [2.05, 4.69) is 12.1 Å². The Bertz CT molecular complexity index is 598. The van der Waals surface area contributed by atoms with Gasteiger partial charge >= 0.3 is 5.97 Å². The number of esters is 1. The van der Waals surface area contributed by atoms with Crippen LogP contribution in [0.15, 0.2) is 48.5 Å². The van der Waals surface area contributed by atoms with Crippen LogP contribution in [0.3, 0.4) is 0 Å². The van der Waals surface area contributed by atoms with E-state index in [1.165, 1.54) is 0 Å². The van der Waals surface area contributed by atoms with Gasteiger partial charge in [-0.2, -0.15) is 0 Å². The quantitative estimate of drug-likeness (QED) is 0.785. The van der Waals surface area contributed by atoms with Gasteiger partial charge in [-0.3, -0.25) is 4.79 Å². The van der Waals surface area contributed by atoms with Crippen molar-refractivity contribution in [3.8, 4) is 11.1 Å². The van der Waals surface area contributed by atoms with Crippen molar-refractivity contribution in [2.75, 3.05) is 6.61 Å². The lowest BCUT2D eigenvalue weighted by Crippen LogP contribution is -2.17. The van der Waals surface area contributed by atoms with E-state index in [-0.39, 0.29) is 11.9 Å². The molecule has 0 fully saturated rings. The smallest absolute Gasteiger partial charge is 0.317 e. The first kappa shape index (κ1) is 12.9. The minimum atomic E-state index is -0.277. The topological polar surface area (TPSA) is 26.3 Å². The van der Waals surface area contributed by atoms with Gasteiger partial charge in [0.25, 0.3) is 0 Å². The Labute approximate surface area is 119 Å². The van der Waals surface area contributed by atoms with Crippen molar-refractivity contribution in [2.24, 2.45) is 5.92 Å². The summed E-state index contributed by atoms with van der Waals surface area (Å²) in [6.45, 7) is 4.56. The predicted octanol–water partition coefficient (Wildman–Crippen LogP) is 4.00. The van der Waals surface area contributed by atoms with E-state index in [9.17, 15) is 4.79 Å². The van der Waals surface area contributed by atoms with Crippen LogP contribution in [0.1, 0.15) is 30.9 Å². The maximum absolute atomic E-state index is 12.5. The van der Waals surface area contributed by atoms with Crippen molar-refractivity contribution in [1.82, 2.24) is 0 Å². The molecule has 3 rings (SSSR count). The molecule has 0 radical (unpaired) electrons. The number of carbonyl (C=O) groups excluding carboxylic acids is 1. The van der Waals surface area contributed by atoms with Gasteiger partial charge in [0, 0.05) is 0 Å². The molecule has 0 saturated heterocycles. The van der Waals surface area contributed by atoms with Crippen molar-refractivity contribution in [2.45, 2.75) is 19.8 Å². The second kappa shape index (κ2) is 5.12. The Morgan fingerprint density at radius 2 is 1.50 bits per heavy atom. The van der Waals surface area contributed by atoms with Crippen molar-refractivity contribution in [1.29, 1.82) is 0 Å². The Morgan fingerprint density at radius 3 is 2.00 bits per heavy atom. The Balaban J connectivity index is 2.01. The highest BCUT2D eigenvalue weighted by atomic mass is 16.5. The number of rotatable bonds is 3. The highest BCUT2D eigenvalue weighted by molar-refractivity contribution is 5.93. The van der Waals surface area contributed by atoms with E-state index in [0.29, 0.717) is 12.5 Å². The molecule has 2 aromatic rings. The molecule has 0 saturated carbocycles. The third-order valence-electron chi connectivity index (χ3n) is 3.63. The predicted molar refractivity (Wildman–Crippen MR) is 79.5 cm³/mol. The SMILES string of the molecule is CC(C)COC(=O)C1c2ccccc2-c2ccccc21. The van der Waals surface area contributed by atoms with E-state index in [1.54, 1.807) is 0 Å². The molecule has 2 nitrogen and oxygen atoms in total. The molecule has 102 valence electrons. The number of fused-ring (bicyclic) bond motifs is 3. The maximum Gasteiger partial charge on any atom is 0.317 e. The Kier molecular flexibility index (Phi) is 3.31. The van der Waals surface area contributed by atoms with Crippen molar-refractivity contribution < 1.29 is 9.53 Å². The molecule has 0 aliphatic heterocycles. The second-order valence-corrected chi connectivity index (χ2v) is 5.63. The van der Waals surface area contributed by atoms with E-state index in [0.717, 1.165) is 22.3 Å². The Hall–Kier alpha value is -2.09. The molecule has 2 heteroatoms. The molecule has 1 aliphatic carbocycles. The zero-order chi connectivity index (χ0) is 14.1. The monoisotopic (exact) mass is 266 g/mol. The summed E-state index contributed by atoms with van der Waals surface area (Å²) in [6, 6.07) is 16.2. The number of hydrogen-bond donors (Lipinski definition) is 0. The minimum Gasteiger partial charge on any atom is -0.465 e. The van der Waals surface area contributed by atoms with Crippen LogP contribution in [0.4, 0.5) is 0 Å². The highest BCUT2D eigenvalue weighted by Crippen LogP contribution is 2.44. The fraction of sp³-hybridized carbons (Fsp3) is 0.278. The summed E-state index contributed by atoms with van der Waals surface area (Å²) in [6.07, 6.45) is 0. The van der Waals surface area contributed by atoms with Crippen LogP contribution < -0.4 is 0 Å². The van der Waals surface area contributed by atoms with Gasteiger partial charge in [0.05, 0.1) is 6.61 Å². The fourth-order valence-corrected chi connectivity index (χ4v) is 2.74. The lowest BCUT2D eigenvalue weighted by molar-refractivity contribution is -0.145. The zero-order valence-corrected chi connectivity index (χ0v) is 11.8. The molecule has 0 N–H and O–H groups in total. The second-order valence-electron chi connectivity index (χ2n) is 5.63. The lowest BCUT2D eigenvalue weighted by Gasteiger charge is -2.14. The van der Waals surface area contributed by atoms with Gasteiger partial charge in [0.2, 0.25) is 0 Å². The molecule has 0 amide bonds. The van der Waals surface area contributed by atoms with Crippen molar-refractivity contribution >= 4 is 5.97 Å². The van der Waals surface area contributed by atoms with Crippen molar-refractivity contribution in [3.63, 3.8) is 0 Å². The van der Waals surface area contributed by atoms with Crippen LogP contribution in [-0.2, 0) is 9.53 Å². The van der Waals surface area contributed by atoms with Gasteiger partial charge < -0.3 is 4.74 Å². The molecular formula is C18H18O2. The highest BCUT2D eigenvalue weighted by Gasteiger charge is 2.34. The summed E-state index contributed by atoms with van der Waals surface area (Å²) < 4.78 is 5.46. The lowest BCUT2D eigenvalue weighted by atomic mass is 9.97. The average Bonchev–Trinajstić information content (AvgIpc) is 2.79. The molecule has 0 heterocycles. The zero-order valence-electron chi connectivity index (χ0n) is 11.8. The molecule has 0 unspecified atom stereocenters. The average molecular weight is 266 g/mol. The van der Waals surface area contributed by atoms with Gasteiger partial charge in [-0.1, -0.05) is 62.4 Å². The first-order chi connectivity index (χ1) is 9.68. The van der Waals surface area contributed by atoms with Gasteiger partial charge in [-0.05, 0) is 28.2 Å². The van der Waals surface area contributed by atoms with E-state index < -0.39 is 0 Å². The number of benzene rings is 2. The standard InChI is InChI=1S/C18H18O2/c1-12(2)11-20-18(19)17-15-9-5-3-7-13(15)14-8-4-6-10-16(14)17/h3-10,12,17H,11H2,1-2H3. The van der Waals surface area contributed by atoms with Crippen LogP contribution >= 0.6 is 0 Å². The molecule has 2 aromatic carbocycles. The van der Waals surface area contributed by atoms with Gasteiger partial charge in [-0.15, -0.1) is 0 Å². The molecule has 0 atom stereocenters. The van der Waals surface area contributed by atoms with Gasteiger partial charge in [0.1, 0.15) is 5.92 Å². The third kappa shape index (κ3) is 2.11. The molecule has 0 bridgehead atoms. The van der Waals surface area contributed by atoms with Crippen LogP contribution in [0.5, 0.6) is 0 Å². The van der Waals surface area contributed by atoms with Crippen LogP contribution in [0.25, 0.3) is 11.1 Å². The summed E-state index contributed by atoms with van der Waals surface area (Å²) in [5.41, 5.74) is 4.41. The molecular weight excluding hydrogens is 248 g/mol. The van der Waals surface area contributed by atoms with Gasteiger partial charge in [0.15, 0.2) is 0 Å². The normalized spacial score (nSPS) is 13.2. The molecule has 0 aromatic heterocycles. The molecule has 20 heavy (non-hydrogen) atoms. The van der Waals surface area contributed by atoms with Crippen LogP contribution in [0.2, 0.25) is 0 Å². The van der Waals surface area contributed by atoms with Crippen molar-refractivity contribution in [3.05, 3.63) is 59.7 Å². The van der Waals surface area contributed by atoms with E-state index in [4.69, 9.17) is 4.74 Å². The fourth-order valence-electron chi connectivity index (χ4n) is 2.74. The summed E-state index contributed by atoms with van der Waals surface area (Å²) >= 11 is 0. The first-order valence-electron chi connectivity index (χ1n) is 7.03. The van der Waals surface area contributed by atoms with Crippen LogP contribution in [0, 0.1) is 5.92 Å². The summed E-state index contributed by atoms with van der Waals surface area (Å²) in [5, 5.41) is 0. The molecule has 1 aliphatic rings. The summed E-state index contributed by atoms with van der Waals surface area (Å²) in [7, 11) is 0. The minimum absolute atomic E-state index is 0.142. The molecule has 0 spiro atoms. The maximum atomic E-state index is 12.5. The third-order valence-corrected chi connectivity index (χ3v) is 3.63. The van der Waals surface area contributed by atoms with E-state index in [1.807, 2.05) is 50.2 Å². The van der Waals surface area contributed by atoms with Gasteiger partial charge in [-0.25, -0.2) is 0 Å². The van der Waals surface area contributed by atoms with Crippen LogP contribution in [-0.4, -0.2) is 12.6 Å². The number of ether oxygens (including phenoxy) is 1. The number of carbonyl (C=O) groups is 1. The van der Waals surface area contributed by atoms with E-state index >= 15 is 0 Å². The summed E-state index contributed by atoms with van der Waals surface area (Å²) in [5.74, 6) is -0.0666. The first-order valence-corrected chi connectivity index (χ1v) is 7.03. The largest absolute Gasteiger partial charge is 0.465 e. The number of hydrogen-bond acceptors (Lipinski definition) is 2. The Morgan fingerprint density at radius 1 is 1.00 bits per heavy atom. The summed E-state index contributed by atoms with van der Waals surface area (Å²) in [4.78, 5) is 12.5.